The third-order valence-corrected chi connectivity index (χ3v) is 1.71. The van der Waals surface area contributed by atoms with Crippen LogP contribution in [0, 0.1) is 0 Å². The highest BCUT2D eigenvalue weighted by molar-refractivity contribution is 6.04. The minimum Gasteiger partial charge on any atom is -0.479 e. The Labute approximate surface area is 95.4 Å². The van der Waals surface area contributed by atoms with Gasteiger partial charge in [-0.3, -0.25) is 0 Å². The van der Waals surface area contributed by atoms with Crippen molar-refractivity contribution in [2.24, 2.45) is 5.73 Å². The van der Waals surface area contributed by atoms with Gasteiger partial charge in [0.2, 0.25) is 5.54 Å². The van der Waals surface area contributed by atoms with E-state index in [1.54, 1.807) is 34.9 Å². The summed E-state index contributed by atoms with van der Waals surface area (Å²) in [6.45, 7) is 4.85. The number of hydrogen-bond donors (Lipinski definition) is 2. The van der Waals surface area contributed by atoms with Crippen molar-refractivity contribution in [1.29, 1.82) is 0 Å². The summed E-state index contributed by atoms with van der Waals surface area (Å²) in [7, 11) is 3.27. The van der Waals surface area contributed by atoms with Gasteiger partial charge in [-0.1, -0.05) is 0 Å². The molecule has 94 valence electrons. The highest BCUT2D eigenvalue weighted by Gasteiger charge is 2.45. The lowest BCUT2D eigenvalue weighted by molar-refractivity contribution is -0.169. The summed E-state index contributed by atoms with van der Waals surface area (Å²) in [6.07, 6.45) is 0. The van der Waals surface area contributed by atoms with E-state index in [-0.39, 0.29) is 6.54 Å². The number of aliphatic carboxylic acids is 1. The summed E-state index contributed by atoms with van der Waals surface area (Å²) in [5.41, 5.74) is 2.79. The number of carbonyl (C=O) groups excluding carboxylic acids is 1. The van der Waals surface area contributed by atoms with Crippen molar-refractivity contribution in [3.8, 4) is 0 Å². The molecule has 6 nitrogen and oxygen atoms in total. The Morgan fingerprint density at radius 3 is 2.00 bits per heavy atom. The fourth-order valence-corrected chi connectivity index (χ4v) is 1.09. The Kier molecular flexibility index (Phi) is 4.45. The van der Waals surface area contributed by atoms with Gasteiger partial charge in [-0.15, -0.1) is 0 Å². The van der Waals surface area contributed by atoms with Gasteiger partial charge in [0.15, 0.2) is 0 Å². The van der Waals surface area contributed by atoms with Gasteiger partial charge in [-0.25, -0.2) is 9.59 Å². The second-order valence-electron chi connectivity index (χ2n) is 5.02. The van der Waals surface area contributed by atoms with Crippen molar-refractivity contribution in [2.75, 3.05) is 20.6 Å². The third-order valence-electron chi connectivity index (χ3n) is 1.71. The first-order valence-corrected chi connectivity index (χ1v) is 4.89. The van der Waals surface area contributed by atoms with E-state index >= 15 is 0 Å². The van der Waals surface area contributed by atoms with E-state index in [1.807, 2.05) is 0 Å². The Bertz CT molecular complexity index is 283. The molecule has 0 rings (SSSR count). The van der Waals surface area contributed by atoms with E-state index in [0.717, 1.165) is 0 Å². The number of hydrogen-bond acceptors (Lipinski definition) is 5. The number of likely N-dealkylation sites (N-methyl/N-ethyl adjacent to an activating group) is 1. The second kappa shape index (κ2) is 4.80. The standard InChI is InChI=1S/C10H20N2O4/c1-9(2,3)16-8(15)10(11,7(13)14)6-12(4)5/h6,11H2,1-5H3,(H,13,14)/t10-/m0/s1. The largest absolute Gasteiger partial charge is 0.479 e. The molecule has 0 aliphatic heterocycles. The van der Waals surface area contributed by atoms with Crippen molar-refractivity contribution < 1.29 is 19.4 Å². The molecule has 0 unspecified atom stereocenters. The molecule has 1 atom stereocenters. The molecule has 0 aliphatic carbocycles. The molecular weight excluding hydrogens is 212 g/mol. The first-order chi connectivity index (χ1) is 6.99. The number of rotatable bonds is 4. The van der Waals surface area contributed by atoms with Crippen molar-refractivity contribution in [3.05, 3.63) is 0 Å². The topological polar surface area (TPSA) is 92.9 Å². The average molecular weight is 232 g/mol. The van der Waals surface area contributed by atoms with Crippen molar-refractivity contribution in [2.45, 2.75) is 31.9 Å². The summed E-state index contributed by atoms with van der Waals surface area (Å²) in [5.74, 6) is -2.32. The molecule has 0 aromatic rings. The number of nitrogens with zero attached hydrogens (tertiary/aromatic N) is 1. The van der Waals surface area contributed by atoms with Crippen LogP contribution in [0.15, 0.2) is 0 Å². The lowest BCUT2D eigenvalue weighted by Gasteiger charge is -2.29. The molecule has 0 bridgehead atoms. The third kappa shape index (κ3) is 4.16. The maximum Gasteiger partial charge on any atom is 0.339 e. The van der Waals surface area contributed by atoms with Crippen LogP contribution in [0.3, 0.4) is 0 Å². The van der Waals surface area contributed by atoms with Crippen molar-refractivity contribution >= 4 is 11.9 Å². The maximum atomic E-state index is 11.7. The molecule has 0 saturated carbocycles. The lowest BCUT2D eigenvalue weighted by Crippen LogP contribution is -2.62. The summed E-state index contributed by atoms with van der Waals surface area (Å²) >= 11 is 0. The molecule has 6 heteroatoms. The zero-order chi connectivity index (χ0) is 13.1. The van der Waals surface area contributed by atoms with Crippen LogP contribution in [-0.4, -0.2) is 53.7 Å². The average Bonchev–Trinajstić information content (AvgIpc) is 1.98. The SMILES string of the molecule is CN(C)C[C@](N)(C(=O)O)C(=O)OC(C)(C)C. The van der Waals surface area contributed by atoms with Gasteiger partial charge in [0, 0.05) is 6.54 Å². The predicted octanol–water partition coefficient (Wildman–Crippen LogP) is -0.328. The molecule has 0 spiro atoms. The van der Waals surface area contributed by atoms with E-state index in [9.17, 15) is 9.59 Å². The fourth-order valence-electron chi connectivity index (χ4n) is 1.09. The van der Waals surface area contributed by atoms with Crippen LogP contribution >= 0.6 is 0 Å². The first-order valence-electron chi connectivity index (χ1n) is 4.89. The Balaban J connectivity index is 4.92. The van der Waals surface area contributed by atoms with Crippen LogP contribution in [-0.2, 0) is 14.3 Å². The summed E-state index contributed by atoms with van der Waals surface area (Å²) < 4.78 is 4.99. The molecular formula is C10H20N2O4. The molecule has 0 saturated heterocycles. The predicted molar refractivity (Wildman–Crippen MR) is 59.0 cm³/mol. The number of nitrogens with two attached hydrogens (primary N) is 1. The van der Waals surface area contributed by atoms with Crippen LogP contribution in [0.25, 0.3) is 0 Å². The van der Waals surface area contributed by atoms with E-state index < -0.39 is 23.1 Å². The molecule has 0 fully saturated rings. The Morgan fingerprint density at radius 2 is 1.75 bits per heavy atom. The lowest BCUT2D eigenvalue weighted by atomic mass is 10.0. The monoisotopic (exact) mass is 232 g/mol. The summed E-state index contributed by atoms with van der Waals surface area (Å²) in [5, 5.41) is 9.00. The number of carbonyl (C=O) groups is 2. The summed E-state index contributed by atoms with van der Waals surface area (Å²) in [4.78, 5) is 24.3. The number of esters is 1. The van der Waals surface area contributed by atoms with Gasteiger partial charge in [-0.05, 0) is 34.9 Å². The molecule has 0 aliphatic rings. The minimum absolute atomic E-state index is 0.114. The van der Waals surface area contributed by atoms with Gasteiger partial charge >= 0.3 is 11.9 Å². The first kappa shape index (κ1) is 14.9. The van der Waals surface area contributed by atoms with Gasteiger partial charge in [0.1, 0.15) is 5.60 Å². The Hall–Kier alpha value is -1.14. The highest BCUT2D eigenvalue weighted by atomic mass is 16.6. The molecule has 3 N–H and O–H groups in total. The van der Waals surface area contributed by atoms with Crippen LogP contribution in [0.4, 0.5) is 0 Å². The van der Waals surface area contributed by atoms with E-state index in [0.29, 0.717) is 0 Å². The molecule has 16 heavy (non-hydrogen) atoms. The maximum absolute atomic E-state index is 11.7. The minimum atomic E-state index is -2.03. The molecule has 0 aromatic carbocycles. The van der Waals surface area contributed by atoms with E-state index in [1.165, 1.54) is 4.90 Å². The van der Waals surface area contributed by atoms with Crippen LogP contribution in [0.1, 0.15) is 20.8 Å². The van der Waals surface area contributed by atoms with Gasteiger partial charge < -0.3 is 20.5 Å². The number of carboxylic acid groups (broad SMARTS) is 1. The number of ether oxygens (including phenoxy) is 1. The van der Waals surface area contributed by atoms with Gasteiger partial charge in [0.05, 0.1) is 0 Å². The van der Waals surface area contributed by atoms with Gasteiger partial charge in [-0.2, -0.15) is 0 Å². The van der Waals surface area contributed by atoms with Gasteiger partial charge in [0.25, 0.3) is 0 Å². The quantitative estimate of drug-likeness (QED) is 0.509. The van der Waals surface area contributed by atoms with E-state index in [2.05, 4.69) is 0 Å². The van der Waals surface area contributed by atoms with E-state index in [4.69, 9.17) is 15.6 Å². The summed E-state index contributed by atoms with van der Waals surface area (Å²) in [6, 6.07) is 0. The van der Waals surface area contributed by atoms with Crippen molar-refractivity contribution in [1.82, 2.24) is 4.90 Å². The smallest absolute Gasteiger partial charge is 0.339 e. The molecule has 0 heterocycles. The normalized spacial score (nSPS) is 15.7. The number of carboxylic acids is 1. The molecule has 0 amide bonds. The highest BCUT2D eigenvalue weighted by Crippen LogP contribution is 2.14. The second-order valence-corrected chi connectivity index (χ2v) is 5.02. The molecule has 0 radical (unpaired) electrons. The zero-order valence-electron chi connectivity index (χ0n) is 10.4. The molecule has 0 aromatic heterocycles. The van der Waals surface area contributed by atoms with Crippen LogP contribution in [0.5, 0.6) is 0 Å². The van der Waals surface area contributed by atoms with Crippen LogP contribution in [0.2, 0.25) is 0 Å². The van der Waals surface area contributed by atoms with Crippen molar-refractivity contribution in [3.63, 3.8) is 0 Å². The Morgan fingerprint density at radius 1 is 1.31 bits per heavy atom. The fraction of sp³-hybridized carbons (Fsp3) is 0.800. The van der Waals surface area contributed by atoms with Crippen LogP contribution < -0.4 is 5.73 Å². The zero-order valence-corrected chi connectivity index (χ0v) is 10.4.